The average Bonchev–Trinajstić information content (AvgIpc) is 3.13. The molecule has 0 fully saturated rings. The van der Waals surface area contributed by atoms with Crippen LogP contribution in [0.1, 0.15) is 16.7 Å². The normalized spacial score (nSPS) is 10.8. The van der Waals surface area contributed by atoms with Gasteiger partial charge in [-0.3, -0.25) is 0 Å². The van der Waals surface area contributed by atoms with Gasteiger partial charge in [0.05, 0.1) is 17.1 Å². The van der Waals surface area contributed by atoms with Gasteiger partial charge in [-0.25, -0.2) is 52.2 Å². The predicted octanol–water partition coefficient (Wildman–Crippen LogP) is 1.90. The Balaban J connectivity index is 0.000000372. The second kappa shape index (κ2) is 26.6. The van der Waals surface area contributed by atoms with Gasteiger partial charge in [-0.15, -0.1) is 51.2 Å². The molecule has 3 heterocycles. The van der Waals surface area contributed by atoms with E-state index in [9.17, 15) is 0 Å². The number of rotatable bonds is 6. The fourth-order valence-corrected chi connectivity index (χ4v) is 3.64. The molecule has 0 unspecified atom stereocenters. The Morgan fingerprint density at radius 3 is 0.804 bits per heavy atom. The van der Waals surface area contributed by atoms with Crippen LogP contribution in [0.4, 0.5) is 34.5 Å². The van der Waals surface area contributed by atoms with Crippen molar-refractivity contribution >= 4 is 34.5 Å². The molecule has 6 aromatic rings. The van der Waals surface area contributed by atoms with Crippen LogP contribution in [0, 0.1) is 41.3 Å². The van der Waals surface area contributed by atoms with Gasteiger partial charge in [-0.05, 0) is 110 Å². The van der Waals surface area contributed by atoms with Gasteiger partial charge in [-0.2, -0.15) is 0 Å². The van der Waals surface area contributed by atoms with Crippen molar-refractivity contribution in [1.29, 1.82) is 0 Å². The van der Waals surface area contributed by atoms with E-state index in [2.05, 4.69) is 45.6 Å². The Labute approximate surface area is 339 Å². The number of aryl methyl sites for hydroxylation is 3. The van der Waals surface area contributed by atoms with E-state index in [-0.39, 0.29) is 19.5 Å². The number of aromatic nitrogens is 3. The van der Waals surface area contributed by atoms with E-state index in [0.717, 1.165) is 17.1 Å². The van der Waals surface area contributed by atoms with Crippen LogP contribution in [0.5, 0.6) is 0 Å². The third-order valence-electron chi connectivity index (χ3n) is 5.76. The summed E-state index contributed by atoms with van der Waals surface area (Å²) in [6.07, 6.45) is 5.10. The van der Waals surface area contributed by atoms with E-state index in [1.165, 1.54) is 16.7 Å². The molecule has 6 rings (SSSR count). The molecule has 0 amide bonds. The summed E-state index contributed by atoms with van der Waals surface area (Å²) in [5.74, 6) is 1.87. The Bertz CT molecular complexity index is 1820. The monoisotopic (exact) mass is 891 g/mol. The molecule has 20 heteroatoms. The van der Waals surface area contributed by atoms with E-state index in [1.807, 2.05) is 148 Å². The van der Waals surface area contributed by atoms with Crippen LogP contribution < -0.4 is 37.3 Å². The number of hydrogen-bond donors (Lipinski definition) is 0. The molecule has 0 saturated carbocycles. The SMILES string of the molecule is Cc1cccc(N=Nc2ccccn2)c1.Cc1cccc(N=Nc2ccccn2)c1.Cc1cccc(N=Nc2ccccn2)c1.[O-][Cl+3]([O-])([O-])[O-].[O-][Cl+3]([O-])([O-])[O-].[Ru+2]. The summed E-state index contributed by atoms with van der Waals surface area (Å²) in [7, 11) is -9.89. The Hall–Kier alpha value is -5.21. The third-order valence-corrected chi connectivity index (χ3v) is 5.76. The van der Waals surface area contributed by atoms with Crippen LogP contribution in [0.15, 0.2) is 177 Å². The van der Waals surface area contributed by atoms with Crippen LogP contribution in [0.2, 0.25) is 0 Å². The summed E-state index contributed by atoms with van der Waals surface area (Å²) < 4.78 is 67.9. The first-order chi connectivity index (χ1) is 26.0. The zero-order chi connectivity index (χ0) is 40.5. The largest absolute Gasteiger partial charge is 2.00 e. The average molecular weight is 892 g/mol. The molecule has 0 aliphatic heterocycles. The summed E-state index contributed by atoms with van der Waals surface area (Å²) in [5, 5.41) is 24.4. The second-order valence-electron chi connectivity index (χ2n) is 10.4. The van der Waals surface area contributed by atoms with E-state index in [4.69, 9.17) is 37.3 Å². The maximum Gasteiger partial charge on any atom is 2.00 e. The first-order valence-corrected chi connectivity index (χ1v) is 17.9. The Morgan fingerprint density at radius 2 is 0.607 bits per heavy atom. The second-order valence-corrected chi connectivity index (χ2v) is 11.9. The summed E-state index contributed by atoms with van der Waals surface area (Å²) in [5.41, 5.74) is 6.06. The molecule has 0 N–H and O–H groups in total. The van der Waals surface area contributed by atoms with Gasteiger partial charge < -0.3 is 0 Å². The summed E-state index contributed by atoms with van der Waals surface area (Å²) in [6, 6.07) is 40.3. The van der Waals surface area contributed by atoms with Gasteiger partial charge in [-0.1, -0.05) is 54.6 Å². The maximum atomic E-state index is 8.49. The molecule has 3 aromatic carbocycles. The summed E-state index contributed by atoms with van der Waals surface area (Å²) >= 11 is 0. The smallest absolute Gasteiger partial charge is 0.236 e. The third kappa shape index (κ3) is 27.4. The molecule has 56 heavy (non-hydrogen) atoms. The first-order valence-electron chi connectivity index (χ1n) is 15.5. The van der Waals surface area contributed by atoms with E-state index in [1.54, 1.807) is 18.6 Å². The number of halogens is 2. The van der Waals surface area contributed by atoms with Crippen molar-refractivity contribution in [3.05, 3.63) is 163 Å². The molecular weight excluding hydrogens is 858 g/mol. The molecule has 292 valence electrons. The molecule has 0 saturated heterocycles. The number of azo groups is 3. The van der Waals surface area contributed by atoms with Gasteiger partial charge in [0.25, 0.3) is 0 Å². The summed E-state index contributed by atoms with van der Waals surface area (Å²) in [6.45, 7) is 6.08. The molecule has 0 radical (unpaired) electrons. The van der Waals surface area contributed by atoms with Crippen LogP contribution in [0.25, 0.3) is 0 Å². The molecule has 0 spiro atoms. The van der Waals surface area contributed by atoms with Crippen molar-refractivity contribution in [1.82, 2.24) is 15.0 Å². The van der Waals surface area contributed by atoms with Crippen molar-refractivity contribution in [3.8, 4) is 0 Å². The molecule has 0 aliphatic carbocycles. The Morgan fingerprint density at radius 1 is 0.357 bits per heavy atom. The summed E-state index contributed by atoms with van der Waals surface area (Å²) in [4.78, 5) is 12.2. The first kappa shape index (κ1) is 48.8. The van der Waals surface area contributed by atoms with Crippen LogP contribution in [-0.2, 0) is 19.5 Å². The number of hydrogen-bond acceptors (Lipinski definition) is 17. The van der Waals surface area contributed by atoms with Crippen molar-refractivity contribution in [2.75, 3.05) is 0 Å². The maximum absolute atomic E-state index is 8.49. The minimum atomic E-state index is -4.94. The standard InChI is InChI=1S/3C12H11N3.2ClHO4.Ru/c3*1-10-5-4-6-11(9-10)14-15-12-7-2-3-8-13-12;2*2-1(3,4)5;/h3*2-9H,1H3;2*(H,2,3,4,5);/q;;;;;+2/p-2. The number of nitrogens with zero attached hydrogens (tertiary/aromatic N) is 9. The molecule has 3 aromatic heterocycles. The van der Waals surface area contributed by atoms with Crippen molar-refractivity contribution in [2.24, 2.45) is 30.7 Å². The van der Waals surface area contributed by atoms with Crippen LogP contribution in [0.3, 0.4) is 0 Å². The van der Waals surface area contributed by atoms with E-state index < -0.39 is 20.5 Å². The number of pyridine rings is 3. The van der Waals surface area contributed by atoms with Gasteiger partial charge in [0.15, 0.2) is 17.5 Å². The molecule has 17 nitrogen and oxygen atoms in total. The van der Waals surface area contributed by atoms with Crippen LogP contribution >= 0.6 is 0 Å². The topological polar surface area (TPSA) is 297 Å². The predicted molar refractivity (Wildman–Crippen MR) is 179 cm³/mol. The Kier molecular flexibility index (Phi) is 23.2. The minimum Gasteiger partial charge on any atom is -0.236 e. The zero-order valence-electron chi connectivity index (χ0n) is 29.8. The van der Waals surface area contributed by atoms with E-state index >= 15 is 0 Å². The molecule has 0 bridgehead atoms. The molecular formula is C36H33Cl2N9O8Ru. The van der Waals surface area contributed by atoms with Gasteiger partial charge in [0, 0.05) is 18.6 Å². The van der Waals surface area contributed by atoms with Crippen molar-refractivity contribution < 1.29 is 77.2 Å². The molecule has 0 aliphatic rings. The van der Waals surface area contributed by atoms with Gasteiger partial charge >= 0.3 is 19.5 Å². The fraction of sp³-hybridized carbons (Fsp3) is 0.0833. The minimum absolute atomic E-state index is 0. The molecule has 0 atom stereocenters. The van der Waals surface area contributed by atoms with Gasteiger partial charge in [0.1, 0.15) is 0 Å². The van der Waals surface area contributed by atoms with Crippen molar-refractivity contribution in [2.45, 2.75) is 20.8 Å². The van der Waals surface area contributed by atoms with Crippen molar-refractivity contribution in [3.63, 3.8) is 0 Å². The van der Waals surface area contributed by atoms with Gasteiger partial charge in [0.2, 0.25) is 0 Å². The zero-order valence-corrected chi connectivity index (χ0v) is 33.0. The quantitative estimate of drug-likeness (QED) is 0.172. The number of benzene rings is 3. The van der Waals surface area contributed by atoms with Crippen LogP contribution in [-0.4, -0.2) is 15.0 Å². The fourth-order valence-electron chi connectivity index (χ4n) is 3.64. The van der Waals surface area contributed by atoms with E-state index in [0.29, 0.717) is 17.5 Å².